The molecule has 0 bridgehead atoms. The van der Waals surface area contributed by atoms with E-state index in [1.807, 2.05) is 36.5 Å². The van der Waals surface area contributed by atoms with E-state index in [4.69, 9.17) is 10.00 Å². The van der Waals surface area contributed by atoms with E-state index >= 15 is 0 Å². The van der Waals surface area contributed by atoms with E-state index in [0.717, 1.165) is 20.9 Å². The second-order valence-corrected chi connectivity index (χ2v) is 5.99. The number of fused-ring (bicyclic) bond motifs is 1. The first-order valence-corrected chi connectivity index (χ1v) is 7.77. The third-order valence-corrected chi connectivity index (χ3v) is 4.32. The molecule has 0 amide bonds. The molecule has 4 nitrogen and oxygen atoms in total. The summed E-state index contributed by atoms with van der Waals surface area (Å²) < 4.78 is 7.76. The normalized spacial score (nSPS) is 10.5. The van der Waals surface area contributed by atoms with Gasteiger partial charge in [-0.05, 0) is 51.8 Å². The Labute approximate surface area is 142 Å². The Balaban J connectivity index is 1.93. The predicted molar refractivity (Wildman–Crippen MR) is 91.2 cm³/mol. The van der Waals surface area contributed by atoms with Gasteiger partial charge >= 0.3 is 5.97 Å². The third kappa shape index (κ3) is 2.99. The molecule has 0 aliphatic heterocycles. The predicted octanol–water partition coefficient (Wildman–Crippen LogP) is 4.11. The summed E-state index contributed by atoms with van der Waals surface area (Å²) in [6, 6.07) is 15.1. The summed E-state index contributed by atoms with van der Waals surface area (Å²) >= 11 is 3.54. The lowest BCUT2D eigenvalue weighted by molar-refractivity contribution is 0.0600. The van der Waals surface area contributed by atoms with Gasteiger partial charge in [-0.25, -0.2) is 4.79 Å². The van der Waals surface area contributed by atoms with Gasteiger partial charge in [-0.1, -0.05) is 12.1 Å². The number of aromatic nitrogens is 1. The summed E-state index contributed by atoms with van der Waals surface area (Å²) in [6.45, 7) is 0.676. The van der Waals surface area contributed by atoms with E-state index in [1.165, 1.54) is 7.11 Å². The molecular weight excluding hydrogens is 356 g/mol. The number of carbonyl (C=O) groups excluding carboxylic acids is 1. The van der Waals surface area contributed by atoms with Crippen LogP contribution >= 0.6 is 15.9 Å². The first-order chi connectivity index (χ1) is 11.1. The monoisotopic (exact) mass is 368 g/mol. The van der Waals surface area contributed by atoms with Crippen LogP contribution < -0.4 is 0 Å². The van der Waals surface area contributed by atoms with Gasteiger partial charge in [-0.15, -0.1) is 0 Å². The molecule has 0 N–H and O–H groups in total. The van der Waals surface area contributed by atoms with Gasteiger partial charge in [0.15, 0.2) is 0 Å². The molecule has 5 heteroatoms. The molecule has 1 aromatic heterocycles. The van der Waals surface area contributed by atoms with E-state index in [-0.39, 0.29) is 5.97 Å². The number of halogens is 1. The van der Waals surface area contributed by atoms with E-state index in [1.54, 1.807) is 12.1 Å². The van der Waals surface area contributed by atoms with Crippen molar-refractivity contribution >= 4 is 32.8 Å². The fourth-order valence-corrected chi connectivity index (χ4v) is 3.08. The maximum absolute atomic E-state index is 11.5. The summed E-state index contributed by atoms with van der Waals surface area (Å²) in [7, 11) is 1.37. The summed E-state index contributed by atoms with van der Waals surface area (Å²) in [4.78, 5) is 11.5. The lowest BCUT2D eigenvalue weighted by atomic mass is 10.1. The molecule has 0 unspecified atom stereocenters. The standard InChI is InChI=1S/C18H13BrN2O2/c1-23-18(22)14-5-2-12(3-6-14)10-21-11-16(19)15-8-13(9-20)4-7-17(15)21/h2-8,11H,10H2,1H3. The van der Waals surface area contributed by atoms with Crippen LogP contribution in [0.25, 0.3) is 10.9 Å². The SMILES string of the molecule is COC(=O)c1ccc(Cn2cc(Br)c3cc(C#N)ccc32)cc1. The lowest BCUT2D eigenvalue weighted by Crippen LogP contribution is -2.02. The van der Waals surface area contributed by atoms with Gasteiger partial charge in [-0.2, -0.15) is 5.26 Å². The number of ether oxygens (including phenoxy) is 1. The summed E-state index contributed by atoms with van der Waals surface area (Å²) in [5, 5.41) is 10.0. The van der Waals surface area contributed by atoms with Crippen LogP contribution in [0.3, 0.4) is 0 Å². The van der Waals surface area contributed by atoms with Crippen molar-refractivity contribution in [2.75, 3.05) is 7.11 Å². The molecule has 23 heavy (non-hydrogen) atoms. The van der Waals surface area contributed by atoms with Crippen molar-refractivity contribution in [3.05, 3.63) is 69.8 Å². The first-order valence-electron chi connectivity index (χ1n) is 6.98. The van der Waals surface area contributed by atoms with Crippen LogP contribution in [0.15, 0.2) is 53.1 Å². The Bertz CT molecular complexity index is 921. The Kier molecular flexibility index (Phi) is 4.18. The van der Waals surface area contributed by atoms with Crippen molar-refractivity contribution in [1.29, 1.82) is 5.26 Å². The van der Waals surface area contributed by atoms with Crippen LogP contribution in [0.5, 0.6) is 0 Å². The number of nitrogens with zero attached hydrogens (tertiary/aromatic N) is 2. The number of esters is 1. The number of benzene rings is 2. The molecule has 0 fully saturated rings. The van der Waals surface area contributed by atoms with Crippen molar-refractivity contribution < 1.29 is 9.53 Å². The van der Waals surface area contributed by atoms with E-state index in [9.17, 15) is 4.79 Å². The lowest BCUT2D eigenvalue weighted by Gasteiger charge is -2.06. The van der Waals surface area contributed by atoms with Crippen molar-refractivity contribution in [2.45, 2.75) is 6.54 Å². The molecule has 114 valence electrons. The molecule has 0 atom stereocenters. The summed E-state index contributed by atoms with van der Waals surface area (Å²) in [5.74, 6) is -0.338. The number of hydrogen-bond donors (Lipinski definition) is 0. The van der Waals surface area contributed by atoms with E-state index in [2.05, 4.69) is 26.6 Å². The van der Waals surface area contributed by atoms with Gasteiger partial charge in [-0.3, -0.25) is 0 Å². The summed E-state index contributed by atoms with van der Waals surface area (Å²) in [5.41, 5.74) is 3.30. The van der Waals surface area contributed by atoms with Gasteiger partial charge in [0, 0.05) is 28.1 Å². The highest BCUT2D eigenvalue weighted by molar-refractivity contribution is 9.10. The van der Waals surface area contributed by atoms with Gasteiger partial charge in [0.2, 0.25) is 0 Å². The van der Waals surface area contributed by atoms with Crippen molar-refractivity contribution in [3.63, 3.8) is 0 Å². The molecule has 0 saturated carbocycles. The molecule has 2 aromatic carbocycles. The number of nitriles is 1. The molecule has 3 aromatic rings. The van der Waals surface area contributed by atoms with Crippen LogP contribution in [0.1, 0.15) is 21.5 Å². The Morgan fingerprint density at radius 2 is 2.00 bits per heavy atom. The second-order valence-electron chi connectivity index (χ2n) is 5.14. The smallest absolute Gasteiger partial charge is 0.337 e. The highest BCUT2D eigenvalue weighted by Crippen LogP contribution is 2.28. The van der Waals surface area contributed by atoms with Gasteiger partial charge in [0.05, 0.1) is 24.3 Å². The zero-order valence-corrected chi connectivity index (χ0v) is 14.0. The fraction of sp³-hybridized carbons (Fsp3) is 0.111. The Morgan fingerprint density at radius 1 is 1.26 bits per heavy atom. The van der Waals surface area contributed by atoms with Crippen LogP contribution in [0, 0.1) is 11.3 Å². The number of methoxy groups -OCH3 is 1. The van der Waals surface area contributed by atoms with Crippen molar-refractivity contribution in [1.82, 2.24) is 4.57 Å². The Morgan fingerprint density at radius 3 is 2.65 bits per heavy atom. The Hall–Kier alpha value is -2.58. The topological polar surface area (TPSA) is 55.0 Å². The molecule has 0 spiro atoms. The number of carbonyl (C=O) groups is 1. The van der Waals surface area contributed by atoms with Crippen LogP contribution in [-0.4, -0.2) is 17.6 Å². The molecule has 0 saturated heterocycles. The minimum atomic E-state index is -0.338. The van der Waals surface area contributed by atoms with E-state index in [0.29, 0.717) is 17.7 Å². The molecule has 1 heterocycles. The summed E-state index contributed by atoms with van der Waals surface area (Å²) in [6.07, 6.45) is 2.00. The highest BCUT2D eigenvalue weighted by atomic mass is 79.9. The second kappa shape index (κ2) is 6.27. The molecule has 0 radical (unpaired) electrons. The minimum Gasteiger partial charge on any atom is -0.465 e. The van der Waals surface area contributed by atoms with Crippen molar-refractivity contribution in [2.24, 2.45) is 0 Å². The third-order valence-electron chi connectivity index (χ3n) is 3.69. The molecule has 0 aliphatic rings. The maximum Gasteiger partial charge on any atom is 0.337 e. The van der Waals surface area contributed by atoms with Gasteiger partial charge in [0.25, 0.3) is 0 Å². The quantitative estimate of drug-likeness (QED) is 0.653. The average Bonchev–Trinajstić information content (AvgIpc) is 2.90. The zero-order chi connectivity index (χ0) is 16.4. The fourth-order valence-electron chi connectivity index (χ4n) is 2.51. The van der Waals surface area contributed by atoms with Gasteiger partial charge in [0.1, 0.15) is 0 Å². The van der Waals surface area contributed by atoms with Crippen molar-refractivity contribution in [3.8, 4) is 6.07 Å². The number of hydrogen-bond acceptors (Lipinski definition) is 3. The zero-order valence-electron chi connectivity index (χ0n) is 12.4. The van der Waals surface area contributed by atoms with Gasteiger partial charge < -0.3 is 9.30 Å². The van der Waals surface area contributed by atoms with E-state index < -0.39 is 0 Å². The minimum absolute atomic E-state index is 0.338. The largest absolute Gasteiger partial charge is 0.465 e. The van der Waals surface area contributed by atoms with Crippen LogP contribution in [0.2, 0.25) is 0 Å². The van der Waals surface area contributed by atoms with Crippen LogP contribution in [0.4, 0.5) is 0 Å². The highest BCUT2D eigenvalue weighted by Gasteiger charge is 2.09. The number of rotatable bonds is 3. The van der Waals surface area contributed by atoms with Crippen LogP contribution in [-0.2, 0) is 11.3 Å². The maximum atomic E-state index is 11.5. The average molecular weight is 369 g/mol. The molecule has 3 rings (SSSR count). The molecular formula is C18H13BrN2O2. The molecule has 0 aliphatic carbocycles. The first kappa shape index (κ1) is 15.3.